The van der Waals surface area contributed by atoms with E-state index in [1.165, 1.54) is 49.9 Å². The molecular formula is C27H32N2O8. The first-order valence-electron chi connectivity index (χ1n) is 11.6. The topological polar surface area (TPSA) is 144 Å². The molecule has 1 aromatic carbocycles. The molecule has 1 amide bonds. The highest BCUT2D eigenvalue weighted by molar-refractivity contribution is 5.94. The van der Waals surface area contributed by atoms with Gasteiger partial charge in [-0.05, 0) is 49.6 Å². The van der Waals surface area contributed by atoms with Crippen LogP contribution in [0.5, 0.6) is 5.75 Å². The molecule has 0 saturated carbocycles. The molecule has 0 unspecified atom stereocenters. The summed E-state index contributed by atoms with van der Waals surface area (Å²) in [6.45, 7) is 3.38. The van der Waals surface area contributed by atoms with Gasteiger partial charge in [-0.15, -0.1) is 0 Å². The van der Waals surface area contributed by atoms with E-state index in [-0.39, 0.29) is 30.6 Å². The van der Waals surface area contributed by atoms with Gasteiger partial charge in [0.1, 0.15) is 30.6 Å². The van der Waals surface area contributed by atoms with E-state index in [9.17, 15) is 24.6 Å². The molecule has 0 spiro atoms. The van der Waals surface area contributed by atoms with Crippen LogP contribution < -0.4 is 5.32 Å². The minimum absolute atomic E-state index is 0.0293. The quantitative estimate of drug-likeness (QED) is 0.174. The number of hydrogen-bond acceptors (Lipinski definition) is 9. The molecule has 0 radical (unpaired) electrons. The lowest BCUT2D eigenvalue weighted by molar-refractivity contribution is -0.148. The molecule has 1 aliphatic rings. The predicted octanol–water partition coefficient (Wildman–Crippen LogP) is 2.87. The molecule has 10 heteroatoms. The highest BCUT2D eigenvalue weighted by atomic mass is 16.6. The number of aromatic hydroxyl groups is 1. The maximum absolute atomic E-state index is 13.1. The number of nitrogens with one attached hydrogen (secondary N) is 1. The van der Waals surface area contributed by atoms with Gasteiger partial charge in [-0.3, -0.25) is 9.59 Å². The third-order valence-corrected chi connectivity index (χ3v) is 5.24. The zero-order chi connectivity index (χ0) is 27.2. The number of amides is 1. The lowest BCUT2D eigenvalue weighted by Crippen LogP contribution is -2.25. The summed E-state index contributed by atoms with van der Waals surface area (Å²) in [7, 11) is 1.38. The van der Waals surface area contributed by atoms with Gasteiger partial charge in [0, 0.05) is 18.7 Å². The summed E-state index contributed by atoms with van der Waals surface area (Å²) in [6, 6.07) is 4.65. The molecule has 0 saturated heterocycles. The van der Waals surface area contributed by atoms with E-state index in [1.54, 1.807) is 38.1 Å². The van der Waals surface area contributed by atoms with Crippen LogP contribution in [0.15, 0.2) is 71.6 Å². The van der Waals surface area contributed by atoms with Gasteiger partial charge < -0.3 is 29.8 Å². The van der Waals surface area contributed by atoms with Crippen LogP contribution in [0.4, 0.5) is 0 Å². The van der Waals surface area contributed by atoms with Crippen molar-refractivity contribution in [3.8, 4) is 5.75 Å². The molecule has 0 fully saturated rings. The molecule has 0 aliphatic carbocycles. The molecule has 2 rings (SSSR count). The van der Waals surface area contributed by atoms with Crippen LogP contribution in [0.25, 0.3) is 0 Å². The summed E-state index contributed by atoms with van der Waals surface area (Å²) in [5.41, 5.74) is 1.09. The van der Waals surface area contributed by atoms with Crippen molar-refractivity contribution in [1.82, 2.24) is 5.32 Å². The first-order valence-corrected chi connectivity index (χ1v) is 11.6. The fourth-order valence-corrected chi connectivity index (χ4v) is 3.30. The van der Waals surface area contributed by atoms with Crippen molar-refractivity contribution >= 4 is 24.1 Å². The maximum Gasteiger partial charge on any atom is 0.342 e. The number of carbonyl (C=O) groups excluding carboxylic acids is 3. The molecule has 3 N–H and O–H groups in total. The molecule has 37 heavy (non-hydrogen) atoms. The van der Waals surface area contributed by atoms with E-state index in [1.807, 2.05) is 0 Å². The molecule has 1 heterocycles. The Bertz CT molecular complexity index is 1100. The zero-order valence-electron chi connectivity index (χ0n) is 21.0. The predicted molar refractivity (Wildman–Crippen MR) is 137 cm³/mol. The van der Waals surface area contributed by atoms with Crippen LogP contribution in [0.3, 0.4) is 0 Å². The number of allylic oxidation sites excluding steroid dienone is 2. The van der Waals surface area contributed by atoms with E-state index < -0.39 is 36.2 Å². The van der Waals surface area contributed by atoms with Crippen molar-refractivity contribution in [3.05, 3.63) is 77.6 Å². The zero-order valence-corrected chi connectivity index (χ0v) is 21.0. The summed E-state index contributed by atoms with van der Waals surface area (Å²) in [5, 5.41) is 26.7. The SMILES string of the molecule is CO/N=C/C=C/C(=O)N/C=C/C[C@H]1CC(=O)O[C@@H](C)/C=C/[C@H](O)/C(C)=C\Cc2cccc(O)c2C(=O)O1. The monoisotopic (exact) mass is 512 g/mol. The lowest BCUT2D eigenvalue weighted by atomic mass is 10.0. The van der Waals surface area contributed by atoms with E-state index in [0.29, 0.717) is 11.1 Å². The number of fused-ring (bicyclic) bond motifs is 1. The number of carbonyl (C=O) groups is 3. The van der Waals surface area contributed by atoms with Crippen molar-refractivity contribution in [2.45, 2.75) is 51.4 Å². The summed E-state index contributed by atoms with van der Waals surface area (Å²) in [6.07, 6.45) is 9.26. The number of aliphatic hydroxyl groups excluding tert-OH is 1. The Morgan fingerprint density at radius 1 is 1.27 bits per heavy atom. The number of benzene rings is 1. The van der Waals surface area contributed by atoms with Crippen LogP contribution in [0, 0.1) is 0 Å². The van der Waals surface area contributed by atoms with E-state index in [4.69, 9.17) is 9.47 Å². The third kappa shape index (κ3) is 10.1. The van der Waals surface area contributed by atoms with E-state index in [2.05, 4.69) is 15.3 Å². The first kappa shape index (κ1) is 29.1. The van der Waals surface area contributed by atoms with Gasteiger partial charge in [-0.25, -0.2) is 4.79 Å². The Labute approximate surface area is 215 Å². The minimum atomic E-state index is -0.936. The summed E-state index contributed by atoms with van der Waals surface area (Å²) in [4.78, 5) is 41.9. The van der Waals surface area contributed by atoms with Crippen molar-refractivity contribution in [1.29, 1.82) is 0 Å². The first-order chi connectivity index (χ1) is 17.7. The second-order valence-electron chi connectivity index (χ2n) is 8.16. The molecule has 0 bridgehead atoms. The Morgan fingerprint density at radius 3 is 2.81 bits per heavy atom. The van der Waals surface area contributed by atoms with Crippen molar-refractivity contribution in [2.24, 2.45) is 5.16 Å². The van der Waals surface area contributed by atoms with Gasteiger partial charge in [-0.1, -0.05) is 35.5 Å². The fraction of sp³-hybridized carbons (Fsp3) is 0.333. The number of phenolic OH excluding ortho intramolecular Hbond substituents is 1. The number of aliphatic hydroxyl groups is 1. The number of cyclic esters (lactones) is 2. The fourth-order valence-electron chi connectivity index (χ4n) is 3.30. The van der Waals surface area contributed by atoms with Crippen LogP contribution in [-0.4, -0.2) is 59.7 Å². The molecule has 1 aliphatic heterocycles. The van der Waals surface area contributed by atoms with Crippen LogP contribution >= 0.6 is 0 Å². The van der Waals surface area contributed by atoms with Gasteiger partial charge in [0.15, 0.2) is 0 Å². The number of hydrogen-bond donors (Lipinski definition) is 3. The van der Waals surface area contributed by atoms with Crippen LogP contribution in [-0.2, 0) is 30.3 Å². The summed E-state index contributed by atoms with van der Waals surface area (Å²) >= 11 is 0. The molecule has 198 valence electrons. The Kier molecular flexibility index (Phi) is 11.8. The number of rotatable bonds is 6. The average Bonchev–Trinajstić information content (AvgIpc) is 2.85. The number of oxime groups is 1. The molecule has 3 atom stereocenters. The van der Waals surface area contributed by atoms with Gasteiger partial charge in [0.05, 0.1) is 18.7 Å². The van der Waals surface area contributed by atoms with Crippen molar-refractivity contribution in [2.75, 3.05) is 7.11 Å². The van der Waals surface area contributed by atoms with Crippen molar-refractivity contribution < 1.29 is 38.9 Å². The number of phenols is 1. The standard InChI is InChI=1S/C27H32N2O8/c1-18-11-13-20-7-4-9-23(31)26(20)27(34)37-21(17-25(33)36-19(2)12-14-22(18)30)8-5-15-28-24(32)10-6-16-29-35-3/h4-7,9-12,14-16,19,21-22,30-31H,8,13,17H2,1-3H3,(H,28,32)/b10-6+,14-12+,15-5+,18-11-,29-16+/t19-,21-,22-/m0/s1. The number of ether oxygens (including phenoxy) is 2. The number of nitrogens with zero attached hydrogens (tertiary/aromatic N) is 1. The van der Waals surface area contributed by atoms with E-state index >= 15 is 0 Å². The highest BCUT2D eigenvalue weighted by Gasteiger charge is 2.24. The second kappa shape index (κ2) is 15.0. The van der Waals surface area contributed by atoms with E-state index in [0.717, 1.165) is 0 Å². The van der Waals surface area contributed by atoms with Crippen LogP contribution in [0.2, 0.25) is 0 Å². The van der Waals surface area contributed by atoms with Gasteiger partial charge >= 0.3 is 11.9 Å². The van der Waals surface area contributed by atoms with Gasteiger partial charge in [0.25, 0.3) is 0 Å². The maximum atomic E-state index is 13.1. The Hall–Kier alpha value is -4.18. The molecule has 0 aromatic heterocycles. The smallest absolute Gasteiger partial charge is 0.342 e. The molecule has 10 nitrogen and oxygen atoms in total. The average molecular weight is 513 g/mol. The largest absolute Gasteiger partial charge is 0.507 e. The second-order valence-corrected chi connectivity index (χ2v) is 8.16. The molecule has 1 aromatic rings. The third-order valence-electron chi connectivity index (χ3n) is 5.24. The Morgan fingerprint density at radius 2 is 2.05 bits per heavy atom. The number of esters is 2. The minimum Gasteiger partial charge on any atom is -0.507 e. The van der Waals surface area contributed by atoms with Crippen LogP contribution in [0.1, 0.15) is 42.6 Å². The Balaban J connectivity index is 2.25. The highest BCUT2D eigenvalue weighted by Crippen LogP contribution is 2.25. The van der Waals surface area contributed by atoms with Gasteiger partial charge in [-0.2, -0.15) is 0 Å². The summed E-state index contributed by atoms with van der Waals surface area (Å²) < 4.78 is 10.9. The van der Waals surface area contributed by atoms with Gasteiger partial charge in [0.2, 0.25) is 5.91 Å². The summed E-state index contributed by atoms with van der Waals surface area (Å²) in [5.74, 6) is -2.12. The van der Waals surface area contributed by atoms with Crippen molar-refractivity contribution in [3.63, 3.8) is 0 Å². The normalized spacial score (nSPS) is 23.9. The lowest BCUT2D eigenvalue weighted by Gasteiger charge is -2.18. The molecular weight excluding hydrogens is 480 g/mol.